The van der Waals surface area contributed by atoms with Crippen LogP contribution in [0.15, 0.2) is 42.7 Å². The average molecular weight is 405 g/mol. The molecule has 3 heterocycles. The lowest BCUT2D eigenvalue weighted by Gasteiger charge is -2.42. The van der Waals surface area contributed by atoms with E-state index in [1.807, 2.05) is 30.3 Å². The van der Waals surface area contributed by atoms with Gasteiger partial charge in [-0.05, 0) is 31.2 Å². The van der Waals surface area contributed by atoms with Gasteiger partial charge in [-0.3, -0.25) is 14.9 Å². The van der Waals surface area contributed by atoms with Gasteiger partial charge < -0.3 is 9.80 Å². The smallest absolute Gasteiger partial charge is 0.325 e. The first kappa shape index (κ1) is 18.7. The van der Waals surface area contributed by atoms with Gasteiger partial charge in [-0.25, -0.2) is 14.8 Å². The zero-order valence-electron chi connectivity index (χ0n) is 16.6. The molecule has 2 aliphatic heterocycles. The maximum Gasteiger partial charge on any atom is 0.325 e. The first-order chi connectivity index (χ1) is 14.6. The predicted molar refractivity (Wildman–Crippen MR) is 107 cm³/mol. The van der Waals surface area contributed by atoms with Gasteiger partial charge in [0.2, 0.25) is 0 Å². The highest BCUT2D eigenvalue weighted by Gasteiger charge is 2.54. The fourth-order valence-electron chi connectivity index (χ4n) is 4.35. The summed E-state index contributed by atoms with van der Waals surface area (Å²) in [4.78, 5) is 50.1. The highest BCUT2D eigenvalue weighted by atomic mass is 16.2. The highest BCUT2D eigenvalue weighted by Crippen LogP contribution is 2.38. The lowest BCUT2D eigenvalue weighted by atomic mass is 9.85. The number of nitrogens with one attached hydrogen (secondary N) is 1. The number of hydrogen-bond acceptors (Lipinski definition) is 5. The predicted octanol–water partition coefficient (Wildman–Crippen LogP) is 2.08. The molecule has 1 aliphatic carbocycles. The summed E-state index contributed by atoms with van der Waals surface area (Å²) < 4.78 is 0. The summed E-state index contributed by atoms with van der Waals surface area (Å²) >= 11 is 0. The number of nitrogens with zero attached hydrogens (tertiary/aromatic N) is 4. The summed E-state index contributed by atoms with van der Waals surface area (Å²) in [5.74, 6) is 0.846. The molecule has 2 saturated heterocycles. The first-order valence-corrected chi connectivity index (χ1v) is 10.3. The molecule has 8 heteroatoms. The van der Waals surface area contributed by atoms with E-state index < -0.39 is 5.54 Å². The molecule has 0 unspecified atom stereocenters. The van der Waals surface area contributed by atoms with E-state index in [2.05, 4.69) is 15.3 Å². The van der Waals surface area contributed by atoms with Crippen LogP contribution in [0.5, 0.6) is 0 Å². The van der Waals surface area contributed by atoms with Crippen molar-refractivity contribution in [3.05, 3.63) is 59.7 Å². The Kier molecular flexibility index (Phi) is 4.49. The van der Waals surface area contributed by atoms with Crippen molar-refractivity contribution in [3.63, 3.8) is 0 Å². The van der Waals surface area contributed by atoms with Gasteiger partial charge in [-0.1, -0.05) is 30.3 Å². The molecule has 0 atom stereocenters. The summed E-state index contributed by atoms with van der Waals surface area (Å²) in [7, 11) is 0. The third-order valence-electron chi connectivity index (χ3n) is 6.33. The standard InChI is InChI=1S/C22H23N5O3/c28-19(17-12-23-18(24-13-17)16-6-7-16)26-10-8-22(9-11-26)20(29)25-21(30)27(22)14-15-4-2-1-3-5-15/h1-5,12-13,16H,6-11,14H2,(H,25,29,30). The Morgan fingerprint density at radius 2 is 1.73 bits per heavy atom. The molecule has 1 aromatic carbocycles. The van der Waals surface area contributed by atoms with Gasteiger partial charge in [-0.2, -0.15) is 0 Å². The molecule has 3 fully saturated rings. The van der Waals surface area contributed by atoms with Crippen LogP contribution in [-0.4, -0.2) is 56.2 Å². The van der Waals surface area contributed by atoms with Crippen molar-refractivity contribution in [1.82, 2.24) is 25.1 Å². The SMILES string of the molecule is O=C(c1cnc(C2CC2)nc1)N1CCC2(CC1)C(=O)NC(=O)N2Cc1ccccc1. The van der Waals surface area contributed by atoms with E-state index in [1.54, 1.807) is 22.2 Å². The number of likely N-dealkylation sites (tertiary alicyclic amines) is 1. The van der Waals surface area contributed by atoms with Crippen molar-refractivity contribution in [2.24, 2.45) is 0 Å². The lowest BCUT2D eigenvalue weighted by Crippen LogP contribution is -2.57. The van der Waals surface area contributed by atoms with Crippen LogP contribution in [0.25, 0.3) is 0 Å². The fraction of sp³-hybridized carbons (Fsp3) is 0.409. The van der Waals surface area contributed by atoms with E-state index >= 15 is 0 Å². The van der Waals surface area contributed by atoms with E-state index in [-0.39, 0.29) is 17.8 Å². The number of amides is 4. The molecule has 1 saturated carbocycles. The number of rotatable bonds is 4. The van der Waals surface area contributed by atoms with Crippen molar-refractivity contribution in [1.29, 1.82) is 0 Å². The molecular weight excluding hydrogens is 382 g/mol. The summed E-state index contributed by atoms with van der Waals surface area (Å²) in [5, 5.41) is 2.47. The van der Waals surface area contributed by atoms with Crippen molar-refractivity contribution < 1.29 is 14.4 Å². The van der Waals surface area contributed by atoms with Gasteiger partial charge in [-0.15, -0.1) is 0 Å². The van der Waals surface area contributed by atoms with Crippen molar-refractivity contribution >= 4 is 17.8 Å². The molecule has 0 radical (unpaired) electrons. The summed E-state index contributed by atoms with van der Waals surface area (Å²) in [6.45, 7) is 1.16. The first-order valence-electron chi connectivity index (χ1n) is 10.3. The molecule has 30 heavy (non-hydrogen) atoms. The zero-order valence-corrected chi connectivity index (χ0v) is 16.6. The third kappa shape index (κ3) is 3.22. The van der Waals surface area contributed by atoms with Crippen LogP contribution in [0, 0.1) is 0 Å². The molecule has 154 valence electrons. The van der Waals surface area contributed by atoms with Gasteiger partial charge in [0.05, 0.1) is 5.56 Å². The molecule has 1 spiro atoms. The maximum absolute atomic E-state index is 12.9. The number of carbonyl (C=O) groups is 3. The van der Waals surface area contributed by atoms with E-state index in [9.17, 15) is 14.4 Å². The molecule has 4 amide bonds. The Morgan fingerprint density at radius 1 is 1.07 bits per heavy atom. The number of imide groups is 1. The number of urea groups is 1. The topological polar surface area (TPSA) is 95.5 Å². The zero-order chi connectivity index (χ0) is 20.7. The Hall–Kier alpha value is -3.29. The second-order valence-corrected chi connectivity index (χ2v) is 8.26. The normalized spacial score (nSPS) is 20.5. The van der Waals surface area contributed by atoms with Crippen molar-refractivity contribution in [2.45, 2.75) is 43.7 Å². The monoisotopic (exact) mass is 405 g/mol. The van der Waals surface area contributed by atoms with Crippen molar-refractivity contribution in [2.75, 3.05) is 13.1 Å². The number of benzene rings is 1. The fourth-order valence-corrected chi connectivity index (χ4v) is 4.35. The molecule has 3 aliphatic rings. The van der Waals surface area contributed by atoms with E-state index in [4.69, 9.17) is 0 Å². The Labute approximate surface area is 174 Å². The quantitative estimate of drug-likeness (QED) is 0.786. The highest BCUT2D eigenvalue weighted by molar-refractivity contribution is 6.07. The number of aromatic nitrogens is 2. The maximum atomic E-state index is 12.9. The number of hydrogen-bond donors (Lipinski definition) is 1. The molecule has 8 nitrogen and oxygen atoms in total. The Morgan fingerprint density at radius 3 is 2.37 bits per heavy atom. The third-order valence-corrected chi connectivity index (χ3v) is 6.33. The number of carbonyl (C=O) groups excluding carboxylic acids is 3. The molecule has 2 aromatic rings. The molecule has 0 bridgehead atoms. The number of piperidine rings is 1. The summed E-state index contributed by atoms with van der Waals surface area (Å²) in [6.07, 6.45) is 6.24. The molecule has 1 aromatic heterocycles. The van der Waals surface area contributed by atoms with Crippen LogP contribution in [0.1, 0.15) is 53.3 Å². The molecular formula is C22H23N5O3. The summed E-state index contributed by atoms with van der Waals surface area (Å²) in [6, 6.07) is 9.25. The minimum Gasteiger partial charge on any atom is -0.338 e. The van der Waals surface area contributed by atoms with E-state index in [0.29, 0.717) is 44.0 Å². The van der Waals surface area contributed by atoms with Crippen LogP contribution < -0.4 is 5.32 Å². The van der Waals surface area contributed by atoms with Crippen molar-refractivity contribution in [3.8, 4) is 0 Å². The van der Waals surface area contributed by atoms with Crippen LogP contribution in [0.2, 0.25) is 0 Å². The van der Waals surface area contributed by atoms with E-state index in [0.717, 1.165) is 24.2 Å². The minimum atomic E-state index is -0.907. The van der Waals surface area contributed by atoms with Crippen LogP contribution in [0.4, 0.5) is 4.79 Å². The van der Waals surface area contributed by atoms with E-state index in [1.165, 1.54) is 0 Å². The van der Waals surface area contributed by atoms with Gasteiger partial charge in [0.15, 0.2) is 0 Å². The van der Waals surface area contributed by atoms with Crippen LogP contribution in [-0.2, 0) is 11.3 Å². The van der Waals surface area contributed by atoms with Gasteiger partial charge in [0.25, 0.3) is 11.8 Å². The lowest BCUT2D eigenvalue weighted by molar-refractivity contribution is -0.129. The summed E-state index contributed by atoms with van der Waals surface area (Å²) in [5.41, 5.74) is 0.521. The average Bonchev–Trinajstić information content (AvgIpc) is 3.60. The molecule has 5 rings (SSSR count). The molecule has 1 N–H and O–H groups in total. The minimum absolute atomic E-state index is 0.133. The van der Waals surface area contributed by atoms with Gasteiger partial charge in [0, 0.05) is 37.9 Å². The van der Waals surface area contributed by atoms with Crippen LogP contribution >= 0.6 is 0 Å². The van der Waals surface area contributed by atoms with Gasteiger partial charge in [0.1, 0.15) is 11.4 Å². The van der Waals surface area contributed by atoms with Crippen LogP contribution in [0.3, 0.4) is 0 Å². The second-order valence-electron chi connectivity index (χ2n) is 8.26. The second kappa shape index (κ2) is 7.19. The van der Waals surface area contributed by atoms with Gasteiger partial charge >= 0.3 is 6.03 Å². The Balaban J connectivity index is 1.29. The largest absolute Gasteiger partial charge is 0.338 e. The Bertz CT molecular complexity index is 980.